The van der Waals surface area contributed by atoms with E-state index >= 15 is 0 Å². The molecule has 1 saturated heterocycles. The molecule has 1 fully saturated rings. The highest BCUT2D eigenvalue weighted by Gasteiger charge is 2.24. The van der Waals surface area contributed by atoms with Gasteiger partial charge >= 0.3 is 0 Å². The SMILES string of the molecule is Fc1ccc(C(c2ccc(F)cc2)N2[CH]CNCC2)cc1. The molecule has 1 N–H and O–H groups in total. The van der Waals surface area contributed by atoms with Crippen LogP contribution in [0.15, 0.2) is 48.5 Å². The Kier molecular flexibility index (Phi) is 4.27. The normalized spacial score (nSPS) is 16.3. The molecule has 1 aliphatic heterocycles. The lowest BCUT2D eigenvalue weighted by atomic mass is 9.96. The van der Waals surface area contributed by atoms with E-state index in [-0.39, 0.29) is 17.7 Å². The molecule has 1 radical (unpaired) electrons. The van der Waals surface area contributed by atoms with E-state index in [9.17, 15) is 8.78 Å². The molecule has 0 atom stereocenters. The average Bonchev–Trinajstić information content (AvgIpc) is 2.52. The summed E-state index contributed by atoms with van der Waals surface area (Å²) in [5.41, 5.74) is 2.00. The Morgan fingerprint density at radius 1 is 0.857 bits per heavy atom. The largest absolute Gasteiger partial charge is 0.314 e. The van der Waals surface area contributed by atoms with E-state index < -0.39 is 0 Å². The van der Waals surface area contributed by atoms with Gasteiger partial charge in [0.15, 0.2) is 0 Å². The van der Waals surface area contributed by atoms with E-state index in [0.717, 1.165) is 30.8 Å². The molecule has 2 aromatic rings. The minimum absolute atomic E-state index is 0.0201. The Morgan fingerprint density at radius 3 is 1.81 bits per heavy atom. The van der Waals surface area contributed by atoms with Gasteiger partial charge in [0.1, 0.15) is 11.6 Å². The molecule has 1 heterocycles. The maximum Gasteiger partial charge on any atom is 0.123 e. The average molecular weight is 287 g/mol. The van der Waals surface area contributed by atoms with Gasteiger partial charge in [-0.2, -0.15) is 0 Å². The second kappa shape index (κ2) is 6.33. The highest BCUT2D eigenvalue weighted by molar-refractivity contribution is 5.33. The van der Waals surface area contributed by atoms with Crippen molar-refractivity contribution >= 4 is 0 Å². The fraction of sp³-hybridized carbons (Fsp3) is 0.235. The van der Waals surface area contributed by atoms with Crippen molar-refractivity contribution in [3.63, 3.8) is 0 Å². The summed E-state index contributed by atoms with van der Waals surface area (Å²) in [7, 11) is 0. The van der Waals surface area contributed by atoms with Gasteiger partial charge in [-0.15, -0.1) is 0 Å². The fourth-order valence-electron chi connectivity index (χ4n) is 2.68. The van der Waals surface area contributed by atoms with Gasteiger partial charge < -0.3 is 5.32 Å². The van der Waals surface area contributed by atoms with Crippen molar-refractivity contribution in [3.8, 4) is 0 Å². The number of halogens is 2. The highest BCUT2D eigenvalue weighted by Crippen LogP contribution is 2.30. The zero-order valence-electron chi connectivity index (χ0n) is 11.6. The van der Waals surface area contributed by atoms with Crippen LogP contribution >= 0.6 is 0 Å². The monoisotopic (exact) mass is 287 g/mol. The van der Waals surface area contributed by atoms with Gasteiger partial charge in [0, 0.05) is 26.2 Å². The Labute approximate surface area is 123 Å². The van der Waals surface area contributed by atoms with Crippen LogP contribution in [0.3, 0.4) is 0 Å². The summed E-state index contributed by atoms with van der Waals surface area (Å²) >= 11 is 0. The minimum atomic E-state index is -0.249. The van der Waals surface area contributed by atoms with Gasteiger partial charge in [0.2, 0.25) is 0 Å². The Balaban J connectivity index is 1.97. The number of hydrogen-bond donors (Lipinski definition) is 1. The molecule has 0 aromatic heterocycles. The molecule has 3 rings (SSSR count). The van der Waals surface area contributed by atoms with Gasteiger partial charge in [-0.25, -0.2) is 8.78 Å². The van der Waals surface area contributed by atoms with Crippen molar-refractivity contribution in [1.82, 2.24) is 10.2 Å². The van der Waals surface area contributed by atoms with Gasteiger partial charge in [-0.3, -0.25) is 4.90 Å². The van der Waals surface area contributed by atoms with Crippen LogP contribution in [0, 0.1) is 18.2 Å². The minimum Gasteiger partial charge on any atom is -0.314 e. The molecule has 0 saturated carbocycles. The lowest BCUT2D eigenvalue weighted by Crippen LogP contribution is -2.42. The summed E-state index contributed by atoms with van der Waals surface area (Å²) in [5.74, 6) is -0.498. The van der Waals surface area contributed by atoms with Crippen LogP contribution in [-0.4, -0.2) is 24.5 Å². The van der Waals surface area contributed by atoms with Gasteiger partial charge in [-0.05, 0) is 35.4 Å². The topological polar surface area (TPSA) is 15.3 Å². The second-order valence-corrected chi connectivity index (χ2v) is 5.13. The van der Waals surface area contributed by atoms with Crippen molar-refractivity contribution < 1.29 is 8.78 Å². The molecule has 0 unspecified atom stereocenters. The third kappa shape index (κ3) is 3.28. The van der Waals surface area contributed by atoms with Crippen LogP contribution in [0.5, 0.6) is 0 Å². The van der Waals surface area contributed by atoms with Gasteiger partial charge in [0.05, 0.1) is 6.04 Å². The molecule has 0 spiro atoms. The van der Waals surface area contributed by atoms with E-state index in [1.54, 1.807) is 24.3 Å². The van der Waals surface area contributed by atoms with E-state index in [2.05, 4.69) is 16.8 Å². The lowest BCUT2D eigenvalue weighted by molar-refractivity contribution is 0.246. The molecular formula is C17H17F2N2. The van der Waals surface area contributed by atoms with E-state index in [0.29, 0.717) is 0 Å². The molecule has 0 amide bonds. The predicted molar refractivity (Wildman–Crippen MR) is 78.5 cm³/mol. The quantitative estimate of drug-likeness (QED) is 0.933. The van der Waals surface area contributed by atoms with Crippen LogP contribution in [0.2, 0.25) is 0 Å². The van der Waals surface area contributed by atoms with Crippen LogP contribution in [0.4, 0.5) is 8.78 Å². The molecule has 1 aliphatic rings. The first-order chi connectivity index (χ1) is 10.2. The summed E-state index contributed by atoms with van der Waals surface area (Å²) in [4.78, 5) is 2.22. The maximum absolute atomic E-state index is 13.2. The first kappa shape index (κ1) is 14.2. The third-order valence-corrected chi connectivity index (χ3v) is 3.72. The number of nitrogens with zero attached hydrogens (tertiary/aromatic N) is 1. The smallest absolute Gasteiger partial charge is 0.123 e. The first-order valence-corrected chi connectivity index (χ1v) is 7.05. The van der Waals surface area contributed by atoms with Crippen molar-refractivity contribution in [1.29, 1.82) is 0 Å². The van der Waals surface area contributed by atoms with Crippen molar-refractivity contribution in [3.05, 3.63) is 77.8 Å². The van der Waals surface area contributed by atoms with Crippen LogP contribution in [0.1, 0.15) is 17.2 Å². The van der Waals surface area contributed by atoms with Crippen LogP contribution < -0.4 is 5.32 Å². The van der Waals surface area contributed by atoms with Crippen molar-refractivity contribution in [2.75, 3.05) is 19.6 Å². The fourth-order valence-corrected chi connectivity index (χ4v) is 2.68. The third-order valence-electron chi connectivity index (χ3n) is 3.72. The van der Waals surface area contributed by atoms with Crippen LogP contribution in [0.25, 0.3) is 0 Å². The number of nitrogens with one attached hydrogen (secondary N) is 1. The Hall–Kier alpha value is -1.78. The first-order valence-electron chi connectivity index (χ1n) is 7.05. The van der Waals surface area contributed by atoms with E-state index in [1.807, 2.05) is 0 Å². The standard InChI is InChI=1S/C17H17F2N2/c18-15-5-1-13(2-6-15)17(21-11-9-20-10-12-21)14-3-7-16(19)8-4-14/h1-8,11,17,20H,9-10,12H2. The Morgan fingerprint density at radius 2 is 1.38 bits per heavy atom. The molecule has 109 valence electrons. The molecular weight excluding hydrogens is 270 g/mol. The summed E-state index contributed by atoms with van der Waals surface area (Å²) in [5, 5.41) is 3.27. The van der Waals surface area contributed by atoms with E-state index in [1.165, 1.54) is 24.3 Å². The highest BCUT2D eigenvalue weighted by atomic mass is 19.1. The van der Waals surface area contributed by atoms with E-state index in [4.69, 9.17) is 0 Å². The zero-order chi connectivity index (χ0) is 14.7. The molecule has 0 aliphatic carbocycles. The molecule has 2 aromatic carbocycles. The molecule has 21 heavy (non-hydrogen) atoms. The predicted octanol–water partition coefficient (Wildman–Crippen LogP) is 3.12. The van der Waals surface area contributed by atoms with Crippen molar-refractivity contribution in [2.24, 2.45) is 0 Å². The summed E-state index contributed by atoms with van der Waals surface area (Å²) in [6, 6.07) is 13.0. The van der Waals surface area contributed by atoms with Gasteiger partial charge in [-0.1, -0.05) is 24.3 Å². The molecule has 4 heteroatoms. The number of hydrogen-bond acceptors (Lipinski definition) is 2. The molecule has 2 nitrogen and oxygen atoms in total. The number of rotatable bonds is 3. The van der Waals surface area contributed by atoms with Gasteiger partial charge in [0.25, 0.3) is 0 Å². The Bertz CT molecular complexity index is 529. The summed E-state index contributed by atoms with van der Waals surface area (Å²) in [6.45, 7) is 4.66. The summed E-state index contributed by atoms with van der Waals surface area (Å²) < 4.78 is 26.3. The van der Waals surface area contributed by atoms with Crippen molar-refractivity contribution in [2.45, 2.75) is 6.04 Å². The molecule has 0 bridgehead atoms. The lowest BCUT2D eigenvalue weighted by Gasteiger charge is -2.35. The maximum atomic E-state index is 13.2. The van der Waals surface area contributed by atoms with Crippen LogP contribution in [-0.2, 0) is 0 Å². The zero-order valence-corrected chi connectivity index (χ0v) is 11.6. The number of benzene rings is 2. The number of piperazine rings is 1. The second-order valence-electron chi connectivity index (χ2n) is 5.13. The summed E-state index contributed by atoms with van der Waals surface area (Å²) in [6.07, 6.45) is 0.